The quantitative estimate of drug-likeness (QED) is 0.101. The normalized spacial score (nSPS) is 14.3. The molecule has 0 fully saturated rings. The van der Waals surface area contributed by atoms with Gasteiger partial charge in [-0.1, -0.05) is 335 Å². The Bertz CT molecular complexity index is 8110. The lowest BCUT2D eigenvalue weighted by molar-refractivity contribution is 0.459. The molecule has 0 unspecified atom stereocenters. The number of aromatic nitrogens is 2. The average Bonchev–Trinajstić information content (AvgIpc) is 1.57. The predicted octanol–water partition coefficient (Wildman–Crippen LogP) is 31.6. The second kappa shape index (κ2) is 33.5. The van der Waals surface area contributed by atoms with Gasteiger partial charge in [-0.2, -0.15) is 0 Å². The second-order valence-corrected chi connectivity index (χ2v) is 47.8. The number of hydrogen-bond acceptors (Lipinski definition) is 6. The highest BCUT2D eigenvalue weighted by atomic mass is 32.2. The maximum absolute atomic E-state index is 7.46. The van der Waals surface area contributed by atoms with Gasteiger partial charge in [0.1, 0.15) is 23.0 Å². The van der Waals surface area contributed by atoms with Crippen LogP contribution in [0.2, 0.25) is 0 Å². The SMILES string of the molecule is Cc1cc2c3c(c1)Oc1c4c(n(-c5cccc6ccccc56)c1B3c1ccc(N(c3ccc(C(C)(C)C)cc3)c3ccc(C(C)(C)Cc5cc(N6c7cc(C(C)(C)C)cc8c7B(c7ccc(N(c9ccc(C(C)(C)C)cc9)c9ccc(C(C)(C)C)cc9-c9cccc%10ccccc9%10)cc7S8)c7c6c6c(n7-c7ccc(C(C)(C)C)cc7)CCCC6)c6ccccc6c5)cc3-c3ccccc3)cc1O2)CCCC4. The van der Waals surface area contributed by atoms with E-state index < -0.39 is 5.41 Å². The van der Waals surface area contributed by atoms with Crippen LogP contribution in [0.25, 0.3) is 65.9 Å². The molecule has 0 amide bonds. The van der Waals surface area contributed by atoms with Gasteiger partial charge in [0.15, 0.2) is 0 Å². The van der Waals surface area contributed by atoms with E-state index in [-0.39, 0.29) is 40.5 Å². The highest BCUT2D eigenvalue weighted by Crippen LogP contribution is 2.55. The lowest BCUT2D eigenvalue weighted by atomic mass is 9.36. The van der Waals surface area contributed by atoms with E-state index in [1.807, 2.05) is 11.8 Å². The maximum Gasteiger partial charge on any atom is 0.281 e. The van der Waals surface area contributed by atoms with Crippen LogP contribution in [0.15, 0.2) is 331 Å². The van der Waals surface area contributed by atoms with E-state index in [4.69, 9.17) is 9.47 Å². The van der Waals surface area contributed by atoms with Gasteiger partial charge in [0.25, 0.3) is 13.4 Å². The third-order valence-electron chi connectivity index (χ3n) is 31.6. The van der Waals surface area contributed by atoms with Crippen LogP contribution in [0.1, 0.15) is 210 Å². The van der Waals surface area contributed by atoms with E-state index in [0.717, 1.165) is 143 Å². The van der Waals surface area contributed by atoms with Gasteiger partial charge in [-0.05, 0) is 306 Å². The minimum absolute atomic E-state index is 0.0336. The van der Waals surface area contributed by atoms with Crippen molar-refractivity contribution in [2.75, 3.05) is 14.7 Å². The van der Waals surface area contributed by atoms with Crippen molar-refractivity contribution in [3.05, 3.63) is 389 Å². The van der Waals surface area contributed by atoms with Crippen LogP contribution in [0, 0.1) is 6.92 Å². The largest absolute Gasteiger partial charge is 0.458 e. The van der Waals surface area contributed by atoms with E-state index in [1.54, 1.807) is 0 Å². The van der Waals surface area contributed by atoms with Crippen molar-refractivity contribution >= 4 is 142 Å². The Morgan fingerprint density at radius 3 is 1.48 bits per heavy atom. The molecule has 0 bridgehead atoms. The van der Waals surface area contributed by atoms with Crippen LogP contribution in [0.5, 0.6) is 23.0 Å². The Morgan fingerprint density at radius 2 is 0.837 bits per heavy atom. The van der Waals surface area contributed by atoms with Gasteiger partial charge in [0, 0.05) is 105 Å². The molecule has 141 heavy (non-hydrogen) atoms. The van der Waals surface area contributed by atoms with Crippen molar-refractivity contribution in [1.29, 1.82) is 0 Å². The highest BCUT2D eigenvalue weighted by molar-refractivity contribution is 8.00. The summed E-state index contributed by atoms with van der Waals surface area (Å²) in [5, 5.41) is 7.40. The zero-order chi connectivity index (χ0) is 97.0. The van der Waals surface area contributed by atoms with E-state index in [9.17, 15) is 0 Å². The van der Waals surface area contributed by atoms with Crippen LogP contribution in [-0.2, 0) is 64.6 Å². The Hall–Kier alpha value is -13.7. The molecule has 0 N–H and O–H groups in total. The molecule has 10 heteroatoms. The number of aryl methyl sites for hydroxylation is 1. The fourth-order valence-corrected chi connectivity index (χ4v) is 25.4. The monoisotopic (exact) mass is 1850 g/mol. The molecule has 0 saturated carbocycles. The summed E-state index contributed by atoms with van der Waals surface area (Å²) in [7, 11) is 0. The van der Waals surface area contributed by atoms with Crippen molar-refractivity contribution < 1.29 is 9.47 Å². The van der Waals surface area contributed by atoms with E-state index >= 15 is 0 Å². The number of benzene rings is 16. The standard InChI is InChI=1S/C131H125B2N5O2S/c1-81-70-116-121-117(71-81)140-123-103-45-29-31-48-110(103)138(108-49-33-40-84-37-23-26-42-99(84)108)125(123)132(121)106-66-64-96(78-115(106)139-116)134(93-58-50-87(51-59-93)126(2,3)4)111-69-57-91(75-104(111)85-34-20-19-21-35-85)131(17,18)80-82-72-86-38-24-27-43-100(86)113(73-82)137-114-76-92(130(14,15)16)77-119-120(114)133(124-122(137)102-44-28-30-47-109(102)136(124)95-62-54-89(55-63-95)128(8,9)10)107-67-65-97(79-118(107)141-119)135(94-60-52-88(53-61-94)127(5,6)7)112-68-56-90(129(11,12)13)74-105(112)101-46-32-39-83-36-22-25-41-98(83)101/h19-27,32-43,46,49-79H,28-31,44-45,47-48,80H2,1-18H3. The van der Waals surface area contributed by atoms with Gasteiger partial charge in [-0.15, -0.1) is 0 Å². The highest BCUT2D eigenvalue weighted by Gasteiger charge is 2.50. The molecule has 6 aliphatic rings. The van der Waals surface area contributed by atoms with Gasteiger partial charge in [0.05, 0.1) is 28.4 Å². The molecule has 0 spiro atoms. The summed E-state index contributed by atoms with van der Waals surface area (Å²) in [6.07, 6.45) is 9.19. The Balaban J connectivity index is 0.665. The Labute approximate surface area is 838 Å². The molecular weight excluding hydrogens is 1730 g/mol. The molecule has 698 valence electrons. The van der Waals surface area contributed by atoms with Gasteiger partial charge in [-0.3, -0.25) is 0 Å². The van der Waals surface area contributed by atoms with Crippen LogP contribution in [0.3, 0.4) is 0 Å². The summed E-state index contributed by atoms with van der Waals surface area (Å²) in [5.41, 5.74) is 39.9. The van der Waals surface area contributed by atoms with Crippen molar-refractivity contribution in [1.82, 2.24) is 9.13 Å². The molecule has 24 rings (SSSR count). The number of ether oxygens (including phenoxy) is 2. The maximum atomic E-state index is 7.46. The third-order valence-corrected chi connectivity index (χ3v) is 32.7. The molecule has 7 nitrogen and oxygen atoms in total. The van der Waals surface area contributed by atoms with Gasteiger partial charge in [-0.25, -0.2) is 0 Å². The smallest absolute Gasteiger partial charge is 0.281 e. The zero-order valence-electron chi connectivity index (χ0n) is 85.1. The van der Waals surface area contributed by atoms with E-state index in [2.05, 4.69) is 470 Å². The Kier molecular flexibility index (Phi) is 21.4. The number of fused-ring (bicyclic) bond motifs is 15. The summed E-state index contributed by atoms with van der Waals surface area (Å²) in [4.78, 5) is 10.5. The predicted molar refractivity (Wildman–Crippen MR) is 600 cm³/mol. The lowest BCUT2D eigenvalue weighted by Crippen LogP contribution is -2.61. The number of anilines is 9. The van der Waals surface area contributed by atoms with Crippen LogP contribution in [-0.4, -0.2) is 22.6 Å². The molecule has 0 saturated heterocycles. The first-order valence-corrected chi connectivity index (χ1v) is 52.3. The molecule has 18 aromatic rings. The van der Waals surface area contributed by atoms with E-state index in [0.29, 0.717) is 0 Å². The fourth-order valence-electron chi connectivity index (χ4n) is 24.1. The molecular formula is C131H125B2N5O2S. The Morgan fingerprint density at radius 1 is 0.333 bits per heavy atom. The van der Waals surface area contributed by atoms with Crippen molar-refractivity contribution in [2.24, 2.45) is 0 Å². The summed E-state index contributed by atoms with van der Waals surface area (Å²) >= 11 is 1.97. The summed E-state index contributed by atoms with van der Waals surface area (Å²) in [5.74, 6) is 3.59. The minimum Gasteiger partial charge on any atom is -0.458 e. The summed E-state index contributed by atoms with van der Waals surface area (Å²) in [6.45, 7) is 42.1. The second-order valence-electron chi connectivity index (χ2n) is 46.7. The summed E-state index contributed by atoms with van der Waals surface area (Å²) < 4.78 is 20.2. The first kappa shape index (κ1) is 89.9. The molecule has 2 aromatic heterocycles. The fraction of sp³-hybridized carbons (Fsp3) is 0.252. The van der Waals surface area contributed by atoms with Gasteiger partial charge >= 0.3 is 0 Å². The van der Waals surface area contributed by atoms with Crippen LogP contribution >= 0.6 is 11.8 Å². The number of nitrogens with zero attached hydrogens (tertiary/aromatic N) is 5. The topological polar surface area (TPSA) is 38.0 Å². The minimum atomic E-state index is -0.403. The van der Waals surface area contributed by atoms with Crippen LogP contribution in [0.4, 0.5) is 51.2 Å². The third kappa shape index (κ3) is 15.4. The molecule has 0 atom stereocenters. The zero-order valence-corrected chi connectivity index (χ0v) is 85.9. The van der Waals surface area contributed by atoms with Crippen molar-refractivity contribution in [3.63, 3.8) is 0 Å². The molecule has 4 aliphatic heterocycles. The van der Waals surface area contributed by atoms with E-state index in [1.165, 1.54) is 165 Å². The lowest BCUT2D eigenvalue weighted by Gasteiger charge is -2.42. The first-order chi connectivity index (χ1) is 67.7. The average molecular weight is 1860 g/mol. The number of rotatable bonds is 14. The molecule has 6 heterocycles. The van der Waals surface area contributed by atoms with Crippen molar-refractivity contribution in [3.8, 4) is 56.6 Å². The molecule has 16 aromatic carbocycles. The molecule has 2 aliphatic carbocycles. The molecule has 0 radical (unpaired) electrons. The first-order valence-electron chi connectivity index (χ1n) is 51.4. The van der Waals surface area contributed by atoms with Gasteiger partial charge < -0.3 is 33.3 Å². The van der Waals surface area contributed by atoms with Crippen LogP contribution < -0.4 is 57.2 Å². The van der Waals surface area contributed by atoms with Crippen molar-refractivity contribution in [2.45, 2.75) is 225 Å². The summed E-state index contributed by atoms with van der Waals surface area (Å²) in [6, 6.07) is 125. The number of hydrogen-bond donors (Lipinski definition) is 0. The van der Waals surface area contributed by atoms with Gasteiger partial charge in [0.2, 0.25) is 0 Å².